The van der Waals surface area contributed by atoms with Crippen molar-refractivity contribution in [2.24, 2.45) is 11.3 Å². The lowest BCUT2D eigenvalue weighted by Gasteiger charge is -2.25. The molecule has 226 valence electrons. The third-order valence-corrected chi connectivity index (χ3v) is 8.83. The van der Waals surface area contributed by atoms with Gasteiger partial charge in [-0.25, -0.2) is 9.55 Å². The molecule has 0 bridgehead atoms. The number of fused-ring (bicyclic) bond motifs is 1. The number of nitrogens with two attached hydrogens (primary N) is 1. The second-order valence-corrected chi connectivity index (χ2v) is 12.6. The van der Waals surface area contributed by atoms with E-state index in [0.717, 1.165) is 12.0 Å². The molecule has 2 heterocycles. The average Bonchev–Trinajstić information content (AvgIpc) is 3.46. The molecule has 1 aliphatic rings. The predicted molar refractivity (Wildman–Crippen MR) is 156 cm³/mol. The number of benzene rings is 1. The van der Waals surface area contributed by atoms with Crippen LogP contribution in [0.25, 0.3) is 17.4 Å². The van der Waals surface area contributed by atoms with Gasteiger partial charge in [-0.2, -0.15) is 4.98 Å². The zero-order valence-corrected chi connectivity index (χ0v) is 25.0. The summed E-state index contributed by atoms with van der Waals surface area (Å²) in [6.07, 6.45) is 4.62. The Balaban J connectivity index is 1.58. The van der Waals surface area contributed by atoms with E-state index in [1.54, 1.807) is 48.0 Å². The van der Waals surface area contributed by atoms with Crippen molar-refractivity contribution in [2.75, 3.05) is 25.1 Å². The van der Waals surface area contributed by atoms with Crippen molar-refractivity contribution >= 4 is 42.8 Å². The number of H-pyrrole nitrogens is 1. The fraction of sp³-hybridized carbons (Fsp3) is 0.464. The summed E-state index contributed by atoms with van der Waals surface area (Å²) in [5.74, 6) is -1.50. The van der Waals surface area contributed by atoms with Crippen LogP contribution in [0.1, 0.15) is 47.0 Å². The van der Waals surface area contributed by atoms with E-state index in [1.165, 1.54) is 13.3 Å². The molecule has 4 rings (SSSR count). The van der Waals surface area contributed by atoms with E-state index in [-0.39, 0.29) is 42.6 Å². The lowest BCUT2D eigenvalue weighted by Crippen LogP contribution is -2.25. The van der Waals surface area contributed by atoms with Gasteiger partial charge in [0.05, 0.1) is 30.2 Å². The number of hydrogen-bond acceptors (Lipinski definition) is 11. The number of carbonyl (C=O) groups is 2. The Bertz CT molecular complexity index is 1570. The highest BCUT2D eigenvalue weighted by Crippen LogP contribution is 2.58. The molecule has 1 aliphatic carbocycles. The summed E-state index contributed by atoms with van der Waals surface area (Å²) in [5, 5.41) is 0. The third kappa shape index (κ3) is 7.65. The predicted octanol–water partition coefficient (Wildman–Crippen LogP) is 4.15. The molecule has 14 heteroatoms. The van der Waals surface area contributed by atoms with Gasteiger partial charge >= 0.3 is 19.5 Å². The van der Waals surface area contributed by atoms with Crippen molar-refractivity contribution in [1.82, 2.24) is 19.5 Å². The molecule has 42 heavy (non-hydrogen) atoms. The number of carbonyl (C=O) groups excluding carboxylic acids is 2. The van der Waals surface area contributed by atoms with Crippen LogP contribution in [0.3, 0.4) is 0 Å². The highest BCUT2D eigenvalue weighted by molar-refractivity contribution is 7.54. The number of rotatable bonds is 14. The van der Waals surface area contributed by atoms with Crippen molar-refractivity contribution in [2.45, 2.75) is 53.1 Å². The van der Waals surface area contributed by atoms with E-state index in [1.807, 2.05) is 13.8 Å². The number of hydrogen-bond donors (Lipinski definition) is 2. The molecule has 0 amide bonds. The number of nitrogens with zero attached hydrogens (tertiary/aromatic N) is 3. The highest BCUT2D eigenvalue weighted by atomic mass is 31.2. The zero-order chi connectivity index (χ0) is 30.5. The molecule has 2 aromatic heterocycles. The fourth-order valence-electron chi connectivity index (χ4n) is 4.45. The van der Waals surface area contributed by atoms with Crippen LogP contribution in [-0.4, -0.2) is 56.9 Å². The summed E-state index contributed by atoms with van der Waals surface area (Å²) in [5.41, 5.74) is 5.54. The molecule has 1 fully saturated rings. The van der Waals surface area contributed by atoms with Crippen LogP contribution in [0.4, 0.5) is 5.95 Å². The summed E-state index contributed by atoms with van der Waals surface area (Å²) in [6.45, 7) is 6.54. The Kier molecular flexibility index (Phi) is 9.53. The van der Waals surface area contributed by atoms with E-state index >= 15 is 0 Å². The van der Waals surface area contributed by atoms with E-state index < -0.39 is 36.4 Å². The molecule has 0 spiro atoms. The maximum atomic E-state index is 14.1. The first kappa shape index (κ1) is 31.0. The molecule has 1 aromatic carbocycles. The lowest BCUT2D eigenvalue weighted by atomic mass is 10.1. The van der Waals surface area contributed by atoms with Crippen LogP contribution in [0.5, 0.6) is 5.75 Å². The molecular weight excluding hydrogens is 565 g/mol. The van der Waals surface area contributed by atoms with E-state index in [2.05, 4.69) is 15.0 Å². The maximum Gasteiger partial charge on any atom is 0.380 e. The van der Waals surface area contributed by atoms with Crippen molar-refractivity contribution in [3.05, 3.63) is 52.6 Å². The molecule has 0 radical (unpaired) electrons. The number of nitrogen functional groups attached to an aromatic ring is 1. The minimum atomic E-state index is -3.93. The number of esters is 2. The largest absolute Gasteiger partial charge is 0.465 e. The minimum Gasteiger partial charge on any atom is -0.465 e. The monoisotopic (exact) mass is 601 g/mol. The third-order valence-electron chi connectivity index (χ3n) is 6.82. The topological polar surface area (TPSA) is 178 Å². The quantitative estimate of drug-likeness (QED) is 0.200. The van der Waals surface area contributed by atoms with Gasteiger partial charge in [0, 0.05) is 13.1 Å². The standard InChI is InChI=1S/C28H36N5O8P/c1-5-9-19(3)40-26(36)18(2)14-42(37,41-22-10-7-6-8-11-22)39-16-28(15-38-20(4)34)12-21(28)13-33-17-30-23-24(33)31-27(29)32-25(23)35/h6-8,10-11,13,17-19H,5,9,12,14-16H2,1-4H3,(H3,29,31,32,35)/b21-13-/t18-,19+,28+,42+/m1/s1. The van der Waals surface area contributed by atoms with Gasteiger partial charge in [0.15, 0.2) is 11.2 Å². The number of imidazole rings is 1. The number of aromatic nitrogens is 4. The van der Waals surface area contributed by atoms with Crippen LogP contribution >= 0.6 is 7.60 Å². The van der Waals surface area contributed by atoms with E-state index in [4.69, 9.17) is 24.3 Å². The average molecular weight is 602 g/mol. The molecular formula is C28H36N5O8P. The maximum absolute atomic E-state index is 14.1. The van der Waals surface area contributed by atoms with Crippen molar-refractivity contribution < 1.29 is 32.7 Å². The Labute approximate surface area is 242 Å². The van der Waals surface area contributed by atoms with Gasteiger partial charge in [-0.05, 0) is 37.5 Å². The lowest BCUT2D eigenvalue weighted by molar-refractivity contribution is -0.152. The number of nitrogens with one attached hydrogen (secondary N) is 1. The van der Waals surface area contributed by atoms with Crippen LogP contribution in [-0.2, 0) is 28.2 Å². The van der Waals surface area contributed by atoms with Crippen LogP contribution in [0, 0.1) is 11.3 Å². The van der Waals surface area contributed by atoms with Crippen molar-refractivity contribution in [3.63, 3.8) is 0 Å². The normalized spacial score (nSPS) is 20.0. The number of para-hydroxylation sites is 1. The van der Waals surface area contributed by atoms with Crippen molar-refractivity contribution in [3.8, 4) is 5.75 Å². The minimum absolute atomic E-state index is 0.0472. The molecule has 1 saturated carbocycles. The van der Waals surface area contributed by atoms with Gasteiger partial charge in [0.1, 0.15) is 18.7 Å². The van der Waals surface area contributed by atoms with E-state index in [0.29, 0.717) is 18.6 Å². The number of anilines is 1. The zero-order valence-electron chi connectivity index (χ0n) is 24.1. The summed E-state index contributed by atoms with van der Waals surface area (Å²) in [6, 6.07) is 8.54. The van der Waals surface area contributed by atoms with Gasteiger partial charge in [-0.15, -0.1) is 0 Å². The molecule has 3 N–H and O–H groups in total. The van der Waals surface area contributed by atoms with Gasteiger partial charge in [0.2, 0.25) is 5.95 Å². The molecule has 0 unspecified atom stereocenters. The summed E-state index contributed by atoms with van der Waals surface area (Å²) in [4.78, 5) is 47.3. The molecule has 3 aromatic rings. The SMILES string of the molecule is CCC[C@H](C)OC(=O)[C@H](C)C[P@](=O)(OC[C@@]1(COC(C)=O)C/C1=C/n1cnc2c(=O)[nH]c(N)nc21)Oc1ccccc1. The smallest absolute Gasteiger partial charge is 0.380 e. The number of aromatic amines is 1. The van der Waals surface area contributed by atoms with Crippen LogP contribution in [0.2, 0.25) is 0 Å². The van der Waals surface area contributed by atoms with E-state index in [9.17, 15) is 18.9 Å². The Hall–Kier alpha value is -3.96. The summed E-state index contributed by atoms with van der Waals surface area (Å²) in [7, 11) is -3.93. The summed E-state index contributed by atoms with van der Waals surface area (Å²) >= 11 is 0. The molecule has 0 aliphatic heterocycles. The van der Waals surface area contributed by atoms with Gasteiger partial charge in [-0.1, -0.05) is 38.5 Å². The molecule has 4 atom stereocenters. The van der Waals surface area contributed by atoms with Gasteiger partial charge in [0.25, 0.3) is 5.56 Å². The van der Waals surface area contributed by atoms with Gasteiger partial charge in [-0.3, -0.25) is 28.5 Å². The highest BCUT2D eigenvalue weighted by Gasteiger charge is 2.52. The Morgan fingerprint density at radius 3 is 2.67 bits per heavy atom. The molecule has 0 saturated heterocycles. The second kappa shape index (κ2) is 12.9. The Morgan fingerprint density at radius 1 is 1.24 bits per heavy atom. The Morgan fingerprint density at radius 2 is 1.98 bits per heavy atom. The first-order chi connectivity index (χ1) is 19.9. The first-order valence-corrected chi connectivity index (χ1v) is 15.4. The van der Waals surface area contributed by atoms with Gasteiger partial charge < -0.3 is 19.7 Å². The van der Waals surface area contributed by atoms with Crippen LogP contribution in [0.15, 0.2) is 47.0 Å². The number of ether oxygens (including phenoxy) is 2. The van der Waals surface area contributed by atoms with Crippen molar-refractivity contribution in [1.29, 1.82) is 0 Å². The van der Waals surface area contributed by atoms with Crippen LogP contribution < -0.4 is 15.8 Å². The first-order valence-electron chi connectivity index (χ1n) is 13.7. The second-order valence-electron chi connectivity index (χ2n) is 10.6. The molecule has 13 nitrogen and oxygen atoms in total. The summed E-state index contributed by atoms with van der Waals surface area (Å²) < 4.78 is 38.4. The fourth-order valence-corrected chi connectivity index (χ4v) is 6.39.